The molecule has 0 spiro atoms. The Hall–Kier alpha value is -4.16. The third-order valence-corrected chi connectivity index (χ3v) is 10.0. The lowest BCUT2D eigenvalue weighted by Gasteiger charge is -2.41. The molecule has 0 bridgehead atoms. The molecule has 1 saturated carbocycles. The Labute approximate surface area is 267 Å². The van der Waals surface area contributed by atoms with Crippen molar-refractivity contribution < 1.29 is 9.53 Å². The van der Waals surface area contributed by atoms with E-state index in [-0.39, 0.29) is 24.5 Å². The summed E-state index contributed by atoms with van der Waals surface area (Å²) in [5, 5.41) is 2.52. The predicted molar refractivity (Wildman–Crippen MR) is 180 cm³/mol. The molecule has 1 saturated heterocycles. The van der Waals surface area contributed by atoms with Gasteiger partial charge in [-0.25, -0.2) is 6.57 Å². The molecule has 0 radical (unpaired) electrons. The second-order valence-electron chi connectivity index (χ2n) is 12.8. The van der Waals surface area contributed by atoms with E-state index in [1.807, 2.05) is 0 Å². The maximum Gasteiger partial charge on any atom is 0.318 e. The van der Waals surface area contributed by atoms with Crippen LogP contribution in [0.4, 0.5) is 11.5 Å². The molecular formula is C36H45N7O2. The van der Waals surface area contributed by atoms with Gasteiger partial charge >= 0.3 is 6.01 Å². The van der Waals surface area contributed by atoms with Gasteiger partial charge in [-0.15, -0.1) is 0 Å². The van der Waals surface area contributed by atoms with Crippen molar-refractivity contribution >= 4 is 28.2 Å². The van der Waals surface area contributed by atoms with Gasteiger partial charge in [0.25, 0.3) is 0 Å². The fraction of sp³-hybridized carbons (Fsp3) is 0.500. The average Bonchev–Trinajstić information content (AvgIpc) is 3.61. The Morgan fingerprint density at radius 1 is 1.16 bits per heavy atom. The number of likely N-dealkylation sites (N-methyl/N-ethyl adjacent to an activating group) is 1. The largest absolute Gasteiger partial charge is 0.462 e. The number of carbonyl (C=O) groups is 1. The number of fused-ring (bicyclic) bond motifs is 2. The number of benzene rings is 2. The van der Waals surface area contributed by atoms with Crippen LogP contribution in [0.1, 0.15) is 49.4 Å². The van der Waals surface area contributed by atoms with E-state index in [9.17, 15) is 4.79 Å². The van der Waals surface area contributed by atoms with Gasteiger partial charge in [0.2, 0.25) is 12.5 Å². The summed E-state index contributed by atoms with van der Waals surface area (Å²) in [6.45, 7) is 19.6. The number of nitrogens with zero attached hydrogens (tertiary/aromatic N) is 7. The van der Waals surface area contributed by atoms with Crippen LogP contribution in [0.3, 0.4) is 0 Å². The molecule has 3 aromatic rings. The summed E-state index contributed by atoms with van der Waals surface area (Å²) in [5.74, 6) is 0.750. The second kappa shape index (κ2) is 13.5. The van der Waals surface area contributed by atoms with E-state index in [2.05, 4.69) is 83.4 Å². The van der Waals surface area contributed by atoms with Gasteiger partial charge in [0, 0.05) is 54.9 Å². The number of piperazine rings is 1. The van der Waals surface area contributed by atoms with Crippen LogP contribution in [-0.4, -0.2) is 90.2 Å². The van der Waals surface area contributed by atoms with Crippen LogP contribution in [0.2, 0.25) is 0 Å². The number of rotatable bonds is 9. The lowest BCUT2D eigenvalue weighted by molar-refractivity contribution is -0.128. The first kappa shape index (κ1) is 30.8. The van der Waals surface area contributed by atoms with Crippen molar-refractivity contribution in [2.24, 2.45) is 0 Å². The highest BCUT2D eigenvalue weighted by atomic mass is 16.5. The van der Waals surface area contributed by atoms with E-state index in [0.717, 1.165) is 30.0 Å². The van der Waals surface area contributed by atoms with Crippen molar-refractivity contribution in [3.05, 3.63) is 77.3 Å². The summed E-state index contributed by atoms with van der Waals surface area (Å²) < 4.78 is 6.39. The van der Waals surface area contributed by atoms with E-state index in [0.29, 0.717) is 44.8 Å². The summed E-state index contributed by atoms with van der Waals surface area (Å²) >= 11 is 0. The maximum atomic E-state index is 12.6. The molecule has 9 heteroatoms. The van der Waals surface area contributed by atoms with Gasteiger partial charge in [0.05, 0.1) is 12.2 Å². The molecule has 236 valence electrons. The first-order valence-corrected chi connectivity index (χ1v) is 16.4. The average molecular weight is 608 g/mol. The van der Waals surface area contributed by atoms with Crippen LogP contribution >= 0.6 is 0 Å². The number of ether oxygens (including phenoxy) is 1. The zero-order valence-corrected chi connectivity index (χ0v) is 26.9. The summed E-state index contributed by atoms with van der Waals surface area (Å²) in [4.78, 5) is 35.2. The van der Waals surface area contributed by atoms with Gasteiger partial charge < -0.3 is 24.3 Å². The molecular weight excluding hydrogens is 562 g/mol. The molecule has 2 atom stereocenters. The van der Waals surface area contributed by atoms with Crippen LogP contribution in [0.25, 0.3) is 15.6 Å². The molecule has 1 amide bonds. The normalized spacial score (nSPS) is 19.4. The third kappa shape index (κ3) is 6.34. The van der Waals surface area contributed by atoms with E-state index in [1.165, 1.54) is 53.8 Å². The maximum absolute atomic E-state index is 12.6. The quantitative estimate of drug-likeness (QED) is 0.243. The first-order chi connectivity index (χ1) is 21.9. The standard InChI is InChI=1S/C36H45N7O2/c1-6-33(44)43-20-19-42(22-29(43)21-37-4)35-30-17-18-41(32-16-10-13-27-12-9-11-25(2)34(27)32)23-31(30)38-36(39-35)45-24-26(3)40(5)28-14-7-8-15-28/h6,9-13,16,26,28-29H,1,7-8,14-15,17-24H2,2-3,5H3/t26-,29-/m0/s1. The minimum Gasteiger partial charge on any atom is -0.462 e. The molecule has 3 aliphatic rings. The van der Waals surface area contributed by atoms with Crippen LogP contribution in [0.15, 0.2) is 49.1 Å². The van der Waals surface area contributed by atoms with E-state index >= 15 is 0 Å². The molecule has 0 unspecified atom stereocenters. The fourth-order valence-corrected chi connectivity index (χ4v) is 7.39. The van der Waals surface area contributed by atoms with Crippen LogP contribution in [0, 0.1) is 13.5 Å². The summed E-state index contributed by atoms with van der Waals surface area (Å²) in [7, 11) is 2.20. The lowest BCUT2D eigenvalue weighted by atomic mass is 9.99. The number of anilines is 2. The third-order valence-electron chi connectivity index (χ3n) is 10.0. The molecule has 3 heterocycles. The number of hydrogen-bond donors (Lipinski definition) is 0. The molecule has 0 N–H and O–H groups in total. The van der Waals surface area contributed by atoms with Crippen molar-refractivity contribution in [1.82, 2.24) is 19.8 Å². The van der Waals surface area contributed by atoms with Crippen molar-refractivity contribution in [3.63, 3.8) is 0 Å². The van der Waals surface area contributed by atoms with Gasteiger partial charge in [-0.2, -0.15) is 9.97 Å². The first-order valence-electron chi connectivity index (χ1n) is 16.4. The van der Waals surface area contributed by atoms with Crippen LogP contribution < -0.4 is 14.5 Å². The van der Waals surface area contributed by atoms with E-state index < -0.39 is 0 Å². The molecule has 45 heavy (non-hydrogen) atoms. The van der Waals surface area contributed by atoms with E-state index in [1.54, 1.807) is 4.90 Å². The Bertz CT molecular complexity index is 1590. The molecule has 1 aliphatic carbocycles. The number of aryl methyl sites for hydroxylation is 1. The Morgan fingerprint density at radius 2 is 1.93 bits per heavy atom. The predicted octanol–water partition coefficient (Wildman–Crippen LogP) is 5.27. The number of carbonyl (C=O) groups excluding carboxylic acids is 1. The summed E-state index contributed by atoms with van der Waals surface area (Å²) in [6.07, 6.45) is 7.23. The van der Waals surface area contributed by atoms with Gasteiger partial charge in [-0.3, -0.25) is 9.69 Å². The number of amides is 1. The van der Waals surface area contributed by atoms with Gasteiger partial charge in [0.15, 0.2) is 0 Å². The zero-order valence-electron chi connectivity index (χ0n) is 26.9. The van der Waals surface area contributed by atoms with Gasteiger partial charge in [0.1, 0.15) is 18.5 Å². The summed E-state index contributed by atoms with van der Waals surface area (Å²) in [6, 6.07) is 14.0. The van der Waals surface area contributed by atoms with Crippen molar-refractivity contribution in [3.8, 4) is 6.01 Å². The van der Waals surface area contributed by atoms with Crippen molar-refractivity contribution in [2.45, 2.75) is 70.6 Å². The number of hydrogen-bond acceptors (Lipinski definition) is 7. The van der Waals surface area contributed by atoms with Crippen molar-refractivity contribution in [1.29, 1.82) is 0 Å². The highest BCUT2D eigenvalue weighted by molar-refractivity contribution is 5.97. The van der Waals surface area contributed by atoms with Gasteiger partial charge in [-0.05, 0) is 63.2 Å². The smallest absolute Gasteiger partial charge is 0.318 e. The Morgan fingerprint density at radius 3 is 2.69 bits per heavy atom. The van der Waals surface area contributed by atoms with E-state index in [4.69, 9.17) is 21.3 Å². The van der Waals surface area contributed by atoms with Crippen LogP contribution in [0.5, 0.6) is 6.01 Å². The molecule has 2 aliphatic heterocycles. The molecule has 1 aromatic heterocycles. The fourth-order valence-electron chi connectivity index (χ4n) is 7.39. The van der Waals surface area contributed by atoms with Crippen molar-refractivity contribution in [2.75, 3.05) is 56.2 Å². The molecule has 9 nitrogen and oxygen atoms in total. The Balaban J connectivity index is 1.31. The monoisotopic (exact) mass is 607 g/mol. The topological polar surface area (TPSA) is 69.4 Å². The second-order valence-corrected chi connectivity index (χ2v) is 12.8. The molecule has 2 aromatic carbocycles. The Kier molecular flexibility index (Phi) is 9.22. The number of aromatic nitrogens is 2. The lowest BCUT2D eigenvalue weighted by Crippen LogP contribution is -2.56. The minimum absolute atomic E-state index is 0.126. The highest BCUT2D eigenvalue weighted by Crippen LogP contribution is 2.36. The summed E-state index contributed by atoms with van der Waals surface area (Å²) in [5.41, 5.74) is 4.60. The van der Waals surface area contributed by atoms with Crippen LogP contribution in [-0.2, 0) is 17.8 Å². The highest BCUT2D eigenvalue weighted by Gasteiger charge is 2.35. The zero-order chi connectivity index (χ0) is 31.5. The van der Waals surface area contributed by atoms with Gasteiger partial charge in [-0.1, -0.05) is 49.8 Å². The molecule has 6 rings (SSSR count). The molecule has 2 fully saturated rings. The SMILES string of the molecule is [C-]#[N+]C[C@H]1CN(c2nc(OC[C@H](C)N(C)C3CCCC3)nc3c2CCN(c2cccc4cccc(C)c24)C3)CCN1C(=O)C=C. The minimum atomic E-state index is -0.226.